The second-order valence-corrected chi connectivity index (χ2v) is 16.5. The number of phosphoric ester groups is 1. The van der Waals surface area contributed by atoms with Crippen molar-refractivity contribution in [3.63, 3.8) is 0 Å². The molecule has 0 saturated heterocycles. The summed E-state index contributed by atoms with van der Waals surface area (Å²) < 4.78 is 32.7. The number of carbonyl (C=O) groups excluding carboxylic acids is 2. The third kappa shape index (κ3) is 41.9. The van der Waals surface area contributed by atoms with Gasteiger partial charge >= 0.3 is 19.8 Å². The molecule has 0 saturated carbocycles. The lowest BCUT2D eigenvalue weighted by molar-refractivity contribution is -0.161. The quantitative estimate of drug-likeness (QED) is 0.0235. The second kappa shape index (κ2) is 42.1. The molecule has 0 aliphatic rings. The zero-order chi connectivity index (χ0) is 41.9. The fourth-order valence-corrected chi connectivity index (χ4v) is 6.79. The number of aliphatic hydroxyl groups is 2. The van der Waals surface area contributed by atoms with Crippen LogP contribution in [-0.4, -0.2) is 65.7 Å². The number of hydrogen-bond donors (Lipinski definition) is 3. The Hall–Kier alpha value is -2.07. The van der Waals surface area contributed by atoms with Crippen molar-refractivity contribution in [2.24, 2.45) is 0 Å². The van der Waals surface area contributed by atoms with E-state index in [0.29, 0.717) is 12.8 Å². The highest BCUT2D eigenvalue weighted by molar-refractivity contribution is 7.47. The lowest BCUT2D eigenvalue weighted by atomic mass is 10.1. The fourth-order valence-electron chi connectivity index (χ4n) is 6.00. The zero-order valence-electron chi connectivity index (χ0n) is 36.0. The van der Waals surface area contributed by atoms with Crippen LogP contribution in [0.15, 0.2) is 48.6 Å². The third-order valence-electron chi connectivity index (χ3n) is 9.47. The Bertz CT molecular complexity index is 1090. The van der Waals surface area contributed by atoms with Gasteiger partial charge in [-0.15, -0.1) is 0 Å². The number of ether oxygens (including phenoxy) is 2. The number of allylic oxidation sites excluding steroid dienone is 8. The van der Waals surface area contributed by atoms with Gasteiger partial charge in [0.05, 0.1) is 19.8 Å². The fraction of sp³-hybridized carbons (Fsp3) is 0.783. The van der Waals surface area contributed by atoms with Crippen molar-refractivity contribution in [3.05, 3.63) is 48.6 Å². The predicted molar refractivity (Wildman–Crippen MR) is 233 cm³/mol. The minimum atomic E-state index is -4.63. The first-order valence-electron chi connectivity index (χ1n) is 22.6. The highest BCUT2D eigenvalue weighted by Gasteiger charge is 2.27. The highest BCUT2D eigenvalue weighted by Crippen LogP contribution is 2.43. The van der Waals surface area contributed by atoms with Gasteiger partial charge in [-0.1, -0.05) is 159 Å². The van der Waals surface area contributed by atoms with Crippen LogP contribution in [0.2, 0.25) is 0 Å². The summed E-state index contributed by atoms with van der Waals surface area (Å²) in [5, 5.41) is 18.3. The second-order valence-electron chi connectivity index (χ2n) is 15.0. The summed E-state index contributed by atoms with van der Waals surface area (Å²) in [6.07, 6.45) is 45.2. The Morgan fingerprint density at radius 2 is 0.965 bits per heavy atom. The van der Waals surface area contributed by atoms with Crippen LogP contribution in [0, 0.1) is 0 Å². The number of phosphoric acid groups is 1. The summed E-state index contributed by atoms with van der Waals surface area (Å²) in [6.45, 7) is 2.23. The molecule has 0 fully saturated rings. The van der Waals surface area contributed by atoms with Crippen LogP contribution in [0.5, 0.6) is 0 Å². The number of unbranched alkanes of at least 4 members (excludes halogenated alkanes) is 20. The van der Waals surface area contributed by atoms with Crippen molar-refractivity contribution in [2.75, 3.05) is 26.4 Å². The predicted octanol–water partition coefficient (Wildman–Crippen LogP) is 12.1. The highest BCUT2D eigenvalue weighted by atomic mass is 31.2. The van der Waals surface area contributed by atoms with Crippen LogP contribution in [-0.2, 0) is 32.7 Å². The average molecular weight is 827 g/mol. The zero-order valence-corrected chi connectivity index (χ0v) is 36.9. The number of esters is 2. The average Bonchev–Trinajstić information content (AvgIpc) is 3.20. The van der Waals surface area contributed by atoms with E-state index in [9.17, 15) is 24.2 Å². The maximum Gasteiger partial charge on any atom is 0.472 e. The Labute approximate surface area is 347 Å². The standard InChI is InChI=1S/C46H83O10P/c1-3-5-7-9-11-13-15-17-18-19-20-21-22-23-24-26-27-29-31-33-35-37-45(49)53-41-44(42-55-57(51,52)54-40-43(48)39-47)56-46(50)38-36-34-32-30-28-25-16-14-12-10-8-6-4-2/h6,8,12,14,19-20,25,28,43-44,47-48H,3-5,7,9-11,13,15-18,21-24,26-27,29-42H2,1-2H3,(H,51,52)/b8-6-,14-12-,20-19-,28-25-. The number of hydrogen-bond acceptors (Lipinski definition) is 9. The molecule has 0 radical (unpaired) electrons. The van der Waals surface area contributed by atoms with Gasteiger partial charge in [-0.3, -0.25) is 18.6 Å². The first kappa shape index (κ1) is 54.9. The van der Waals surface area contributed by atoms with Crippen LogP contribution >= 0.6 is 7.82 Å². The first-order valence-corrected chi connectivity index (χ1v) is 24.1. The maximum atomic E-state index is 12.6. The molecule has 3 N–H and O–H groups in total. The van der Waals surface area contributed by atoms with Crippen LogP contribution in [0.4, 0.5) is 0 Å². The van der Waals surface area contributed by atoms with Gasteiger partial charge in [0.2, 0.25) is 0 Å². The molecule has 10 nitrogen and oxygen atoms in total. The van der Waals surface area contributed by atoms with Gasteiger partial charge in [-0.2, -0.15) is 0 Å². The lowest BCUT2D eigenvalue weighted by Crippen LogP contribution is -2.29. The van der Waals surface area contributed by atoms with E-state index in [1.54, 1.807) is 0 Å². The van der Waals surface area contributed by atoms with E-state index in [0.717, 1.165) is 57.8 Å². The van der Waals surface area contributed by atoms with Crippen molar-refractivity contribution in [1.82, 2.24) is 0 Å². The van der Waals surface area contributed by atoms with Gasteiger partial charge < -0.3 is 24.6 Å². The molecule has 0 bridgehead atoms. The Kier molecular flexibility index (Phi) is 40.5. The molecule has 0 rings (SSSR count). The molecule has 0 aromatic carbocycles. The molecule has 0 heterocycles. The van der Waals surface area contributed by atoms with Gasteiger partial charge in [-0.05, 0) is 70.6 Å². The number of aliphatic hydroxyl groups excluding tert-OH is 2. The normalized spacial score (nSPS) is 14.3. The summed E-state index contributed by atoms with van der Waals surface area (Å²) in [7, 11) is -4.63. The molecule has 0 amide bonds. The first-order chi connectivity index (χ1) is 27.7. The summed E-state index contributed by atoms with van der Waals surface area (Å²) in [5.41, 5.74) is 0. The molecule has 0 aromatic heterocycles. The van der Waals surface area contributed by atoms with Crippen LogP contribution < -0.4 is 0 Å². The Morgan fingerprint density at radius 3 is 1.49 bits per heavy atom. The molecule has 0 aliphatic carbocycles. The van der Waals surface area contributed by atoms with Gasteiger partial charge in [0, 0.05) is 12.8 Å². The summed E-state index contributed by atoms with van der Waals surface area (Å²) in [4.78, 5) is 35.0. The number of rotatable bonds is 42. The van der Waals surface area contributed by atoms with Crippen molar-refractivity contribution < 1.29 is 47.8 Å². The van der Waals surface area contributed by atoms with Gasteiger partial charge in [0.1, 0.15) is 12.7 Å². The van der Waals surface area contributed by atoms with Crippen LogP contribution in [0.25, 0.3) is 0 Å². The number of carbonyl (C=O) groups is 2. The molecular weight excluding hydrogens is 743 g/mol. The van der Waals surface area contributed by atoms with Gasteiger partial charge in [0.25, 0.3) is 0 Å². The molecular formula is C46H83O10P. The Balaban J connectivity index is 4.23. The monoisotopic (exact) mass is 827 g/mol. The van der Waals surface area contributed by atoms with E-state index < -0.39 is 51.8 Å². The largest absolute Gasteiger partial charge is 0.472 e. The van der Waals surface area contributed by atoms with Crippen LogP contribution in [0.3, 0.4) is 0 Å². The molecule has 0 aromatic rings. The van der Waals surface area contributed by atoms with E-state index in [1.807, 2.05) is 0 Å². The maximum absolute atomic E-state index is 12.6. The smallest absolute Gasteiger partial charge is 0.462 e. The molecule has 3 unspecified atom stereocenters. The van der Waals surface area contributed by atoms with Gasteiger partial charge in [-0.25, -0.2) is 4.57 Å². The topological polar surface area (TPSA) is 149 Å². The summed E-state index contributed by atoms with van der Waals surface area (Å²) >= 11 is 0. The van der Waals surface area contributed by atoms with E-state index in [4.69, 9.17) is 19.1 Å². The molecule has 3 atom stereocenters. The van der Waals surface area contributed by atoms with Crippen LogP contribution in [0.1, 0.15) is 194 Å². The molecule has 0 spiro atoms. The molecule has 332 valence electrons. The molecule has 11 heteroatoms. The van der Waals surface area contributed by atoms with Crippen molar-refractivity contribution in [1.29, 1.82) is 0 Å². The van der Waals surface area contributed by atoms with Crippen molar-refractivity contribution in [3.8, 4) is 0 Å². The molecule has 57 heavy (non-hydrogen) atoms. The van der Waals surface area contributed by atoms with E-state index >= 15 is 0 Å². The minimum absolute atomic E-state index is 0.148. The lowest BCUT2D eigenvalue weighted by Gasteiger charge is -2.20. The summed E-state index contributed by atoms with van der Waals surface area (Å²) in [5.74, 6) is -0.961. The molecule has 0 aliphatic heterocycles. The minimum Gasteiger partial charge on any atom is -0.462 e. The van der Waals surface area contributed by atoms with E-state index in [2.05, 4.69) is 67.0 Å². The van der Waals surface area contributed by atoms with Gasteiger partial charge in [0.15, 0.2) is 6.10 Å². The Morgan fingerprint density at radius 1 is 0.544 bits per heavy atom. The van der Waals surface area contributed by atoms with Crippen molar-refractivity contribution in [2.45, 2.75) is 206 Å². The third-order valence-corrected chi connectivity index (χ3v) is 10.4. The summed E-state index contributed by atoms with van der Waals surface area (Å²) in [6, 6.07) is 0. The van der Waals surface area contributed by atoms with E-state index in [1.165, 1.54) is 96.3 Å². The van der Waals surface area contributed by atoms with Crippen molar-refractivity contribution >= 4 is 19.8 Å². The van der Waals surface area contributed by atoms with E-state index in [-0.39, 0.29) is 19.4 Å². The SMILES string of the molecule is CC/C=C\C/C=C\C/C=C\CCCCCC(=O)OC(COC(=O)CCCCCCCCCCC/C=C\CCCCCCCCCC)COP(=O)(O)OCC(O)CO.